The SMILES string of the molecule is O=[N+]([O-])c1ccccc1S(=O)(=O)Nc1cccc(O)c1. The highest BCUT2D eigenvalue weighted by Gasteiger charge is 2.25. The zero-order chi connectivity index (χ0) is 14.8. The Morgan fingerprint density at radius 1 is 1.10 bits per heavy atom. The van der Waals surface area contributed by atoms with Gasteiger partial charge < -0.3 is 5.11 Å². The molecule has 0 saturated heterocycles. The summed E-state index contributed by atoms with van der Waals surface area (Å²) >= 11 is 0. The fraction of sp³-hybridized carbons (Fsp3) is 0. The molecule has 0 aromatic heterocycles. The maximum absolute atomic E-state index is 12.1. The third-order valence-corrected chi connectivity index (χ3v) is 3.88. The molecule has 0 aliphatic carbocycles. The number of anilines is 1. The van der Waals surface area contributed by atoms with Crippen LogP contribution in [0.4, 0.5) is 11.4 Å². The Morgan fingerprint density at radius 3 is 2.45 bits per heavy atom. The van der Waals surface area contributed by atoms with E-state index in [-0.39, 0.29) is 11.4 Å². The van der Waals surface area contributed by atoms with Crippen LogP contribution in [0.5, 0.6) is 5.75 Å². The summed E-state index contributed by atoms with van der Waals surface area (Å²) in [6.45, 7) is 0. The van der Waals surface area contributed by atoms with E-state index in [1.807, 2.05) is 0 Å². The van der Waals surface area contributed by atoms with Gasteiger partial charge in [-0.1, -0.05) is 18.2 Å². The topological polar surface area (TPSA) is 110 Å². The highest BCUT2D eigenvalue weighted by atomic mass is 32.2. The lowest BCUT2D eigenvalue weighted by atomic mass is 10.3. The van der Waals surface area contributed by atoms with E-state index < -0.39 is 25.5 Å². The number of nitro groups is 1. The van der Waals surface area contributed by atoms with Crippen molar-refractivity contribution in [1.82, 2.24) is 0 Å². The molecule has 0 unspecified atom stereocenters. The zero-order valence-corrected chi connectivity index (χ0v) is 10.9. The van der Waals surface area contributed by atoms with Gasteiger partial charge in [0.15, 0.2) is 4.90 Å². The lowest BCUT2D eigenvalue weighted by molar-refractivity contribution is -0.387. The summed E-state index contributed by atoms with van der Waals surface area (Å²) in [5, 5.41) is 20.1. The molecule has 7 nitrogen and oxygen atoms in total. The second-order valence-electron chi connectivity index (χ2n) is 3.88. The summed E-state index contributed by atoms with van der Waals surface area (Å²) in [6, 6.07) is 10.5. The molecule has 0 amide bonds. The van der Waals surface area contributed by atoms with E-state index >= 15 is 0 Å². The maximum atomic E-state index is 12.1. The van der Waals surface area contributed by atoms with Crippen molar-refractivity contribution in [2.24, 2.45) is 0 Å². The molecule has 8 heteroatoms. The molecule has 20 heavy (non-hydrogen) atoms. The number of nitrogens with one attached hydrogen (secondary N) is 1. The lowest BCUT2D eigenvalue weighted by Crippen LogP contribution is -2.14. The Morgan fingerprint density at radius 2 is 1.80 bits per heavy atom. The molecule has 0 aliphatic rings. The minimum atomic E-state index is -4.11. The summed E-state index contributed by atoms with van der Waals surface area (Å²) in [4.78, 5) is 9.64. The number of phenols is 1. The van der Waals surface area contributed by atoms with Crippen molar-refractivity contribution < 1.29 is 18.4 Å². The van der Waals surface area contributed by atoms with Crippen molar-refractivity contribution in [2.75, 3.05) is 4.72 Å². The summed E-state index contributed by atoms with van der Waals surface area (Å²) in [5.74, 6) is -0.118. The minimum absolute atomic E-state index is 0.114. The van der Waals surface area contributed by atoms with Crippen LogP contribution in [0.15, 0.2) is 53.4 Å². The number of nitro benzene ring substituents is 1. The highest BCUT2D eigenvalue weighted by molar-refractivity contribution is 7.92. The van der Waals surface area contributed by atoms with Crippen molar-refractivity contribution >= 4 is 21.4 Å². The molecule has 2 N–H and O–H groups in total. The van der Waals surface area contributed by atoms with Crippen molar-refractivity contribution in [3.63, 3.8) is 0 Å². The predicted molar refractivity (Wildman–Crippen MR) is 72.0 cm³/mol. The number of para-hydroxylation sites is 1. The molecular formula is C12H10N2O5S. The average Bonchev–Trinajstić information content (AvgIpc) is 2.38. The fourth-order valence-electron chi connectivity index (χ4n) is 1.61. The Kier molecular flexibility index (Phi) is 3.57. The maximum Gasteiger partial charge on any atom is 0.289 e. The van der Waals surface area contributed by atoms with Gasteiger partial charge in [0.05, 0.1) is 10.6 Å². The second-order valence-corrected chi connectivity index (χ2v) is 5.53. The number of rotatable bonds is 4. The normalized spacial score (nSPS) is 11.0. The number of hydrogen-bond acceptors (Lipinski definition) is 5. The molecule has 2 aromatic carbocycles. The van der Waals surface area contributed by atoms with Gasteiger partial charge >= 0.3 is 0 Å². The molecule has 104 valence electrons. The Bertz CT molecular complexity index is 758. The molecule has 2 rings (SSSR count). The number of sulfonamides is 1. The first-order chi connectivity index (χ1) is 9.40. The Hall–Kier alpha value is -2.61. The van der Waals surface area contributed by atoms with Gasteiger partial charge in [-0.25, -0.2) is 8.42 Å². The van der Waals surface area contributed by atoms with Gasteiger partial charge in [0.25, 0.3) is 15.7 Å². The van der Waals surface area contributed by atoms with Gasteiger partial charge in [-0.15, -0.1) is 0 Å². The molecule has 0 heterocycles. The van der Waals surface area contributed by atoms with E-state index in [9.17, 15) is 23.6 Å². The van der Waals surface area contributed by atoms with Crippen molar-refractivity contribution in [3.8, 4) is 5.75 Å². The third-order valence-electron chi connectivity index (χ3n) is 2.45. The Labute approximate surface area is 114 Å². The molecular weight excluding hydrogens is 284 g/mol. The van der Waals surface area contributed by atoms with E-state index in [2.05, 4.69) is 4.72 Å². The smallest absolute Gasteiger partial charge is 0.289 e. The summed E-state index contributed by atoms with van der Waals surface area (Å²) < 4.78 is 26.5. The fourth-order valence-corrected chi connectivity index (χ4v) is 2.84. The van der Waals surface area contributed by atoms with Gasteiger partial charge in [0.1, 0.15) is 5.75 Å². The Balaban J connectivity index is 2.44. The van der Waals surface area contributed by atoms with E-state index in [0.29, 0.717) is 0 Å². The number of hydrogen-bond donors (Lipinski definition) is 2. The van der Waals surface area contributed by atoms with Gasteiger partial charge in [-0.2, -0.15) is 0 Å². The van der Waals surface area contributed by atoms with Crippen LogP contribution in [0.25, 0.3) is 0 Å². The number of benzene rings is 2. The van der Waals surface area contributed by atoms with Gasteiger partial charge in [0.2, 0.25) is 0 Å². The van der Waals surface area contributed by atoms with Crippen molar-refractivity contribution in [3.05, 3.63) is 58.6 Å². The molecule has 0 bridgehead atoms. The lowest BCUT2D eigenvalue weighted by Gasteiger charge is -2.08. The van der Waals surface area contributed by atoms with E-state index in [1.165, 1.54) is 36.4 Å². The van der Waals surface area contributed by atoms with Gasteiger partial charge in [-0.3, -0.25) is 14.8 Å². The highest BCUT2D eigenvalue weighted by Crippen LogP contribution is 2.26. The van der Waals surface area contributed by atoms with Crippen LogP contribution >= 0.6 is 0 Å². The van der Waals surface area contributed by atoms with Gasteiger partial charge in [0, 0.05) is 12.1 Å². The average molecular weight is 294 g/mol. The number of nitrogens with zero attached hydrogens (tertiary/aromatic N) is 1. The van der Waals surface area contributed by atoms with Crippen LogP contribution in [0.1, 0.15) is 0 Å². The predicted octanol–water partition coefficient (Wildman–Crippen LogP) is 2.10. The third kappa shape index (κ3) is 2.86. The largest absolute Gasteiger partial charge is 0.508 e. The quantitative estimate of drug-likeness (QED) is 0.663. The second kappa shape index (κ2) is 5.17. The molecule has 0 fully saturated rings. The summed E-state index contributed by atoms with van der Waals surface area (Å²) in [5.41, 5.74) is -0.400. The number of phenolic OH excluding ortho intramolecular Hbond substituents is 1. The van der Waals surface area contributed by atoms with Crippen molar-refractivity contribution in [1.29, 1.82) is 0 Å². The standard InChI is InChI=1S/C12H10N2O5S/c15-10-5-3-4-9(8-10)13-20(18,19)12-7-2-1-6-11(12)14(16)17/h1-8,13,15H. The van der Waals surface area contributed by atoms with Crippen LogP contribution < -0.4 is 4.72 Å². The first-order valence-electron chi connectivity index (χ1n) is 5.45. The van der Waals surface area contributed by atoms with Crippen molar-refractivity contribution in [2.45, 2.75) is 4.90 Å². The van der Waals surface area contributed by atoms with Crippen LogP contribution in [0.3, 0.4) is 0 Å². The first kappa shape index (κ1) is 13.8. The molecule has 0 atom stereocenters. The molecule has 2 aromatic rings. The van der Waals surface area contributed by atoms with Crippen LogP contribution in [-0.4, -0.2) is 18.4 Å². The van der Waals surface area contributed by atoms with Crippen LogP contribution in [0, 0.1) is 10.1 Å². The van der Waals surface area contributed by atoms with E-state index in [0.717, 1.165) is 12.1 Å². The summed E-state index contributed by atoms with van der Waals surface area (Å²) in [7, 11) is -4.11. The van der Waals surface area contributed by atoms with E-state index in [4.69, 9.17) is 0 Å². The number of aromatic hydroxyl groups is 1. The van der Waals surface area contributed by atoms with E-state index in [1.54, 1.807) is 0 Å². The zero-order valence-electron chi connectivity index (χ0n) is 10.1. The summed E-state index contributed by atoms with van der Waals surface area (Å²) in [6.07, 6.45) is 0. The van der Waals surface area contributed by atoms with Crippen LogP contribution in [0.2, 0.25) is 0 Å². The molecule has 0 spiro atoms. The minimum Gasteiger partial charge on any atom is -0.508 e. The molecule has 0 radical (unpaired) electrons. The monoisotopic (exact) mass is 294 g/mol. The van der Waals surface area contributed by atoms with Gasteiger partial charge in [-0.05, 0) is 18.2 Å². The van der Waals surface area contributed by atoms with Crippen LogP contribution in [-0.2, 0) is 10.0 Å². The molecule has 0 saturated carbocycles. The molecule has 0 aliphatic heterocycles. The first-order valence-corrected chi connectivity index (χ1v) is 6.94.